The Morgan fingerprint density at radius 1 is 1.20 bits per heavy atom. The summed E-state index contributed by atoms with van der Waals surface area (Å²) < 4.78 is 0. The number of anilines is 1. The molecule has 1 aliphatic carbocycles. The van der Waals surface area contributed by atoms with Crippen molar-refractivity contribution < 1.29 is 20.2 Å². The summed E-state index contributed by atoms with van der Waals surface area (Å²) in [5, 5.41) is 21.8. The Morgan fingerprint density at radius 2 is 1.80 bits per heavy atom. The molecule has 1 aromatic rings. The minimum absolute atomic E-state index is 0. The van der Waals surface area contributed by atoms with Gasteiger partial charge < -0.3 is 26.9 Å². The zero-order valence-corrected chi connectivity index (χ0v) is 14.6. The number of guanidine groups is 1. The molecule has 1 fully saturated rings. The monoisotopic (exact) mass is 372 g/mol. The Morgan fingerprint density at radius 3 is 2.36 bits per heavy atom. The van der Waals surface area contributed by atoms with Crippen LogP contribution in [0.25, 0.3) is 0 Å². The number of hydrogen-bond donors (Lipinski definition) is 5. The molecule has 0 saturated heterocycles. The van der Waals surface area contributed by atoms with E-state index in [0.717, 1.165) is 25.7 Å². The number of carbonyl (C=O) groups is 2. The first-order valence-electron chi connectivity index (χ1n) is 7.68. The van der Waals surface area contributed by atoms with Crippen LogP contribution in [0.15, 0.2) is 24.3 Å². The van der Waals surface area contributed by atoms with Gasteiger partial charge in [-0.25, -0.2) is 4.79 Å². The zero-order valence-electron chi connectivity index (χ0n) is 13.7. The molecule has 1 amide bonds. The molecule has 1 saturated carbocycles. The van der Waals surface area contributed by atoms with Crippen LogP contribution in [-0.2, 0) is 4.79 Å². The highest BCUT2D eigenvalue weighted by molar-refractivity contribution is 6.01. The highest BCUT2D eigenvalue weighted by Gasteiger charge is 2.27. The molecule has 9 heteroatoms. The summed E-state index contributed by atoms with van der Waals surface area (Å²) in [5.74, 6) is -0.911. The molecular formula is C16H25ClN4O4. The van der Waals surface area contributed by atoms with Crippen molar-refractivity contribution in [2.45, 2.75) is 25.7 Å². The normalized spacial score (nSPS) is 18.9. The number of amides is 1. The van der Waals surface area contributed by atoms with Crippen LogP contribution in [-0.4, -0.2) is 35.0 Å². The van der Waals surface area contributed by atoms with Crippen LogP contribution >= 0.6 is 12.4 Å². The number of halogens is 1. The maximum absolute atomic E-state index is 12.3. The third-order valence-electron chi connectivity index (χ3n) is 4.21. The standard InChI is InChI=1S/C16H22N4O3.ClH.H2O/c17-16(18)19-9-10-5-7-11(8-6-10)14(21)20-13-4-2-1-3-12(13)15(22)23;;/h1-4,10-11H,5-9H2,(H,20,21)(H,22,23)(H4,17,18,19);1H;1H2/t10-,11-;;. The molecule has 0 aromatic heterocycles. The number of nitrogens with one attached hydrogen (secondary N) is 3. The Kier molecular flexibility index (Phi) is 9.55. The SMILES string of the molecule is Cl.N=C(N)NC[C@H]1CC[C@H](C(=O)Nc2ccccc2C(=O)O)CC1.O. The van der Waals surface area contributed by atoms with Crippen LogP contribution in [0.4, 0.5) is 5.69 Å². The molecule has 0 heterocycles. The molecule has 140 valence electrons. The highest BCUT2D eigenvalue weighted by Crippen LogP contribution is 2.29. The van der Waals surface area contributed by atoms with Gasteiger partial charge in [0, 0.05) is 12.5 Å². The molecule has 0 spiro atoms. The van der Waals surface area contributed by atoms with Crippen LogP contribution in [0, 0.1) is 17.2 Å². The van der Waals surface area contributed by atoms with Crippen molar-refractivity contribution >= 4 is 35.9 Å². The van der Waals surface area contributed by atoms with Gasteiger partial charge in [-0.2, -0.15) is 0 Å². The Balaban J connectivity index is 0.00000288. The fourth-order valence-corrected chi connectivity index (χ4v) is 2.90. The van der Waals surface area contributed by atoms with Crippen molar-refractivity contribution in [3.8, 4) is 0 Å². The van der Waals surface area contributed by atoms with Gasteiger partial charge in [-0.15, -0.1) is 12.4 Å². The van der Waals surface area contributed by atoms with Gasteiger partial charge in [-0.1, -0.05) is 12.1 Å². The van der Waals surface area contributed by atoms with E-state index < -0.39 is 5.97 Å². The number of carboxylic acid groups (broad SMARTS) is 1. The van der Waals surface area contributed by atoms with Gasteiger partial charge in [-0.3, -0.25) is 10.2 Å². The van der Waals surface area contributed by atoms with Crippen molar-refractivity contribution in [2.24, 2.45) is 17.6 Å². The van der Waals surface area contributed by atoms with Crippen LogP contribution in [0.3, 0.4) is 0 Å². The maximum atomic E-state index is 12.3. The number of carboxylic acids is 1. The lowest BCUT2D eigenvalue weighted by Gasteiger charge is -2.28. The summed E-state index contributed by atoms with van der Waals surface area (Å²) in [4.78, 5) is 23.5. The van der Waals surface area contributed by atoms with E-state index >= 15 is 0 Å². The Labute approximate surface area is 152 Å². The lowest BCUT2D eigenvalue weighted by molar-refractivity contribution is -0.121. The maximum Gasteiger partial charge on any atom is 0.337 e. The molecule has 1 aromatic carbocycles. The summed E-state index contributed by atoms with van der Waals surface area (Å²) in [5.41, 5.74) is 5.71. The Hall–Kier alpha value is -2.32. The predicted molar refractivity (Wildman–Crippen MR) is 98.3 cm³/mol. The number of nitrogens with two attached hydrogens (primary N) is 1. The van der Waals surface area contributed by atoms with E-state index in [0.29, 0.717) is 18.2 Å². The minimum atomic E-state index is -1.06. The summed E-state index contributed by atoms with van der Waals surface area (Å²) in [6.07, 6.45) is 3.29. The second kappa shape index (κ2) is 10.5. The van der Waals surface area contributed by atoms with Crippen molar-refractivity contribution in [1.29, 1.82) is 5.41 Å². The summed E-state index contributed by atoms with van der Waals surface area (Å²) in [7, 11) is 0. The third kappa shape index (κ3) is 6.60. The number of hydrogen-bond acceptors (Lipinski definition) is 3. The first kappa shape index (κ1) is 22.7. The molecule has 8 N–H and O–H groups in total. The summed E-state index contributed by atoms with van der Waals surface area (Å²) in [6, 6.07) is 6.41. The second-order valence-corrected chi connectivity index (χ2v) is 5.85. The molecule has 0 radical (unpaired) electrons. The fraction of sp³-hybridized carbons (Fsp3) is 0.438. The molecule has 1 aliphatic rings. The number of rotatable bonds is 5. The van der Waals surface area contributed by atoms with E-state index in [1.54, 1.807) is 18.2 Å². The van der Waals surface area contributed by atoms with Gasteiger partial charge in [0.1, 0.15) is 0 Å². The first-order chi connectivity index (χ1) is 11.0. The largest absolute Gasteiger partial charge is 0.478 e. The topological polar surface area (TPSA) is 160 Å². The third-order valence-corrected chi connectivity index (χ3v) is 4.21. The Bertz CT molecular complexity index is 604. The van der Waals surface area contributed by atoms with Crippen molar-refractivity contribution in [2.75, 3.05) is 11.9 Å². The number of para-hydroxylation sites is 1. The van der Waals surface area contributed by atoms with Gasteiger partial charge in [0.25, 0.3) is 0 Å². The average molecular weight is 373 g/mol. The molecule has 0 aliphatic heterocycles. The highest BCUT2D eigenvalue weighted by atomic mass is 35.5. The van der Waals surface area contributed by atoms with E-state index in [2.05, 4.69) is 10.6 Å². The molecule has 25 heavy (non-hydrogen) atoms. The summed E-state index contributed by atoms with van der Waals surface area (Å²) in [6.45, 7) is 0.658. The molecule has 0 unspecified atom stereocenters. The molecule has 0 bridgehead atoms. The van der Waals surface area contributed by atoms with Crippen LogP contribution in [0.1, 0.15) is 36.0 Å². The van der Waals surface area contributed by atoms with E-state index in [1.807, 2.05) is 0 Å². The number of aromatic carboxylic acids is 1. The van der Waals surface area contributed by atoms with Crippen molar-refractivity contribution in [3.05, 3.63) is 29.8 Å². The molecule has 8 nitrogen and oxygen atoms in total. The van der Waals surface area contributed by atoms with E-state index in [-0.39, 0.29) is 41.2 Å². The lowest BCUT2D eigenvalue weighted by atomic mass is 9.81. The lowest BCUT2D eigenvalue weighted by Crippen LogP contribution is -2.36. The van der Waals surface area contributed by atoms with Crippen LogP contribution in [0.5, 0.6) is 0 Å². The van der Waals surface area contributed by atoms with E-state index in [1.165, 1.54) is 6.07 Å². The van der Waals surface area contributed by atoms with Gasteiger partial charge in [0.2, 0.25) is 5.91 Å². The second-order valence-electron chi connectivity index (χ2n) is 5.85. The van der Waals surface area contributed by atoms with Crippen molar-refractivity contribution in [1.82, 2.24) is 5.32 Å². The van der Waals surface area contributed by atoms with E-state index in [9.17, 15) is 9.59 Å². The number of carbonyl (C=O) groups excluding carboxylic acids is 1. The summed E-state index contributed by atoms with van der Waals surface area (Å²) >= 11 is 0. The quantitative estimate of drug-likeness (QED) is 0.387. The van der Waals surface area contributed by atoms with Gasteiger partial charge in [0.05, 0.1) is 11.3 Å². The molecule has 2 rings (SSSR count). The van der Waals surface area contributed by atoms with Crippen molar-refractivity contribution in [3.63, 3.8) is 0 Å². The smallest absolute Gasteiger partial charge is 0.337 e. The van der Waals surface area contributed by atoms with Crippen LogP contribution < -0.4 is 16.4 Å². The zero-order chi connectivity index (χ0) is 16.8. The van der Waals surface area contributed by atoms with Gasteiger partial charge >= 0.3 is 5.97 Å². The minimum Gasteiger partial charge on any atom is -0.478 e. The number of benzene rings is 1. The molecule has 0 atom stereocenters. The van der Waals surface area contributed by atoms with E-state index in [4.69, 9.17) is 16.2 Å². The van der Waals surface area contributed by atoms with Crippen LogP contribution in [0.2, 0.25) is 0 Å². The van der Waals surface area contributed by atoms with Gasteiger partial charge in [-0.05, 0) is 43.7 Å². The molecular weight excluding hydrogens is 348 g/mol. The first-order valence-corrected chi connectivity index (χ1v) is 7.68. The van der Waals surface area contributed by atoms with Gasteiger partial charge in [0.15, 0.2) is 5.96 Å². The fourth-order valence-electron chi connectivity index (χ4n) is 2.90. The predicted octanol–water partition coefficient (Wildman–Crippen LogP) is 1.21. The average Bonchev–Trinajstić information content (AvgIpc) is 2.53.